The zero-order valence-corrected chi connectivity index (χ0v) is 11.5. The van der Waals surface area contributed by atoms with Crippen LogP contribution in [0, 0.1) is 6.92 Å². The molecule has 0 aliphatic carbocycles. The van der Waals surface area contributed by atoms with Crippen molar-refractivity contribution >= 4 is 15.9 Å². The maximum Gasteiger partial charge on any atom is 0.0549 e. The van der Waals surface area contributed by atoms with E-state index in [4.69, 9.17) is 0 Å². The van der Waals surface area contributed by atoms with Crippen molar-refractivity contribution in [1.82, 2.24) is 5.32 Å². The molecule has 0 radical (unpaired) electrons. The number of halogens is 1. The van der Waals surface area contributed by atoms with Crippen molar-refractivity contribution in [2.45, 2.75) is 39.3 Å². The number of hydrogen-bond donors (Lipinski definition) is 2. The largest absolute Gasteiger partial charge is 0.393 e. The molecule has 1 aromatic rings. The van der Waals surface area contributed by atoms with E-state index in [0.29, 0.717) is 0 Å². The Morgan fingerprint density at radius 1 is 1.44 bits per heavy atom. The molecule has 1 unspecified atom stereocenters. The summed E-state index contributed by atoms with van der Waals surface area (Å²) in [6.45, 7) is 5.80. The van der Waals surface area contributed by atoms with Crippen molar-refractivity contribution in [2.24, 2.45) is 0 Å². The van der Waals surface area contributed by atoms with Crippen LogP contribution in [0.15, 0.2) is 22.7 Å². The smallest absolute Gasteiger partial charge is 0.0549 e. The molecule has 1 atom stereocenters. The molecule has 0 amide bonds. The van der Waals surface area contributed by atoms with Crippen LogP contribution < -0.4 is 5.32 Å². The molecule has 0 aromatic heterocycles. The van der Waals surface area contributed by atoms with Gasteiger partial charge in [0.2, 0.25) is 0 Å². The van der Waals surface area contributed by atoms with Gasteiger partial charge in [-0.25, -0.2) is 0 Å². The molecule has 0 bridgehead atoms. The molecule has 16 heavy (non-hydrogen) atoms. The summed E-state index contributed by atoms with van der Waals surface area (Å²) in [5, 5.41) is 12.7. The Morgan fingerprint density at radius 3 is 2.81 bits per heavy atom. The highest BCUT2D eigenvalue weighted by atomic mass is 79.9. The van der Waals surface area contributed by atoms with E-state index < -0.39 is 0 Å². The van der Waals surface area contributed by atoms with Gasteiger partial charge in [0.1, 0.15) is 0 Å². The molecule has 90 valence electrons. The van der Waals surface area contributed by atoms with Crippen molar-refractivity contribution < 1.29 is 5.11 Å². The average molecular weight is 286 g/mol. The Labute approximate surface area is 106 Å². The third kappa shape index (κ3) is 4.64. The Morgan fingerprint density at radius 2 is 2.19 bits per heavy atom. The molecule has 0 aliphatic rings. The summed E-state index contributed by atoms with van der Waals surface area (Å²) >= 11 is 3.52. The van der Waals surface area contributed by atoms with Crippen LogP contribution in [0.5, 0.6) is 0 Å². The molecule has 0 aliphatic heterocycles. The number of aliphatic hydroxyl groups excluding tert-OH is 1. The number of rotatable bonds is 6. The Kier molecular flexibility index (Phi) is 6.03. The van der Waals surface area contributed by atoms with Crippen LogP contribution in [0.2, 0.25) is 0 Å². The maximum absolute atomic E-state index is 9.39. The monoisotopic (exact) mass is 285 g/mol. The molecule has 2 nitrogen and oxygen atoms in total. The summed E-state index contributed by atoms with van der Waals surface area (Å²) in [6, 6.07) is 6.38. The van der Waals surface area contributed by atoms with Crippen molar-refractivity contribution in [3.63, 3.8) is 0 Å². The number of benzene rings is 1. The molecule has 0 spiro atoms. The second kappa shape index (κ2) is 7.05. The van der Waals surface area contributed by atoms with E-state index in [9.17, 15) is 5.11 Å². The second-order valence-electron chi connectivity index (χ2n) is 4.11. The maximum atomic E-state index is 9.39. The van der Waals surface area contributed by atoms with Gasteiger partial charge in [0, 0.05) is 11.0 Å². The molecule has 1 rings (SSSR count). The second-order valence-corrected chi connectivity index (χ2v) is 4.97. The summed E-state index contributed by atoms with van der Waals surface area (Å²) in [6.07, 6.45) is 1.48. The first-order valence-corrected chi connectivity index (χ1v) is 6.56. The number of nitrogens with one attached hydrogen (secondary N) is 1. The van der Waals surface area contributed by atoms with Gasteiger partial charge in [0.05, 0.1) is 6.10 Å². The SMILES string of the molecule is CCC(O)CCNCc1ccc(C)c(Br)c1. The summed E-state index contributed by atoms with van der Waals surface area (Å²) < 4.78 is 1.15. The molecule has 2 N–H and O–H groups in total. The lowest BCUT2D eigenvalue weighted by Crippen LogP contribution is -2.19. The van der Waals surface area contributed by atoms with E-state index in [2.05, 4.69) is 46.4 Å². The van der Waals surface area contributed by atoms with Crippen molar-refractivity contribution in [2.75, 3.05) is 6.54 Å². The van der Waals surface area contributed by atoms with E-state index in [1.807, 2.05) is 6.92 Å². The summed E-state index contributed by atoms with van der Waals surface area (Å²) in [5.74, 6) is 0. The Hall–Kier alpha value is -0.380. The first kappa shape index (κ1) is 13.7. The van der Waals surface area contributed by atoms with Crippen LogP contribution in [-0.4, -0.2) is 17.8 Å². The van der Waals surface area contributed by atoms with Crippen molar-refractivity contribution in [1.29, 1.82) is 0 Å². The molecular weight excluding hydrogens is 266 g/mol. The molecule has 0 saturated carbocycles. The van der Waals surface area contributed by atoms with Gasteiger partial charge in [0.25, 0.3) is 0 Å². The highest BCUT2D eigenvalue weighted by Crippen LogP contribution is 2.17. The summed E-state index contributed by atoms with van der Waals surface area (Å²) in [7, 11) is 0. The topological polar surface area (TPSA) is 32.3 Å². The van der Waals surface area contributed by atoms with Gasteiger partial charge in [-0.1, -0.05) is 35.0 Å². The number of aryl methyl sites for hydroxylation is 1. The Bertz CT molecular complexity index is 328. The van der Waals surface area contributed by atoms with E-state index >= 15 is 0 Å². The zero-order valence-electron chi connectivity index (χ0n) is 9.96. The minimum Gasteiger partial charge on any atom is -0.393 e. The van der Waals surface area contributed by atoms with Crippen molar-refractivity contribution in [3.8, 4) is 0 Å². The van der Waals surface area contributed by atoms with Crippen molar-refractivity contribution in [3.05, 3.63) is 33.8 Å². The molecule has 0 saturated heterocycles. The predicted octanol–water partition coefficient (Wildman–Crippen LogP) is 3.01. The third-order valence-electron chi connectivity index (χ3n) is 2.69. The fourth-order valence-electron chi connectivity index (χ4n) is 1.45. The molecular formula is C13H20BrNO. The highest BCUT2D eigenvalue weighted by Gasteiger charge is 2.00. The lowest BCUT2D eigenvalue weighted by atomic mass is 10.1. The van der Waals surface area contributed by atoms with E-state index in [0.717, 1.165) is 30.4 Å². The molecule has 1 aromatic carbocycles. The van der Waals surface area contributed by atoms with Gasteiger partial charge >= 0.3 is 0 Å². The van der Waals surface area contributed by atoms with E-state index in [1.54, 1.807) is 0 Å². The van der Waals surface area contributed by atoms with E-state index in [1.165, 1.54) is 11.1 Å². The molecule has 0 heterocycles. The Balaban J connectivity index is 2.29. The normalized spacial score (nSPS) is 12.8. The van der Waals surface area contributed by atoms with Gasteiger partial charge in [0.15, 0.2) is 0 Å². The number of hydrogen-bond acceptors (Lipinski definition) is 2. The molecule has 0 fully saturated rings. The first-order chi connectivity index (χ1) is 7.63. The van der Waals surface area contributed by atoms with Crippen LogP contribution in [0.3, 0.4) is 0 Å². The number of aliphatic hydroxyl groups is 1. The van der Waals surface area contributed by atoms with E-state index in [-0.39, 0.29) is 6.10 Å². The van der Waals surface area contributed by atoms with Crippen LogP contribution in [0.1, 0.15) is 30.9 Å². The third-order valence-corrected chi connectivity index (χ3v) is 3.55. The zero-order chi connectivity index (χ0) is 12.0. The standard InChI is InChI=1S/C13H20BrNO/c1-3-12(16)6-7-15-9-11-5-4-10(2)13(14)8-11/h4-5,8,12,15-16H,3,6-7,9H2,1-2H3. The van der Waals surface area contributed by atoms with Crippen LogP contribution in [0.4, 0.5) is 0 Å². The predicted molar refractivity (Wildman–Crippen MR) is 71.5 cm³/mol. The van der Waals surface area contributed by atoms with Gasteiger partial charge in [-0.05, 0) is 43.5 Å². The fourth-order valence-corrected chi connectivity index (χ4v) is 1.88. The van der Waals surface area contributed by atoms with Gasteiger partial charge in [-0.2, -0.15) is 0 Å². The first-order valence-electron chi connectivity index (χ1n) is 5.77. The van der Waals surface area contributed by atoms with Gasteiger partial charge in [-0.15, -0.1) is 0 Å². The quantitative estimate of drug-likeness (QED) is 0.788. The fraction of sp³-hybridized carbons (Fsp3) is 0.538. The lowest BCUT2D eigenvalue weighted by molar-refractivity contribution is 0.159. The molecule has 3 heteroatoms. The summed E-state index contributed by atoms with van der Waals surface area (Å²) in [5.41, 5.74) is 2.52. The van der Waals surface area contributed by atoms with Crippen LogP contribution in [-0.2, 0) is 6.54 Å². The van der Waals surface area contributed by atoms with Crippen LogP contribution in [0.25, 0.3) is 0 Å². The highest BCUT2D eigenvalue weighted by molar-refractivity contribution is 9.10. The lowest BCUT2D eigenvalue weighted by Gasteiger charge is -2.09. The minimum absolute atomic E-state index is 0.169. The average Bonchev–Trinajstić information content (AvgIpc) is 2.28. The summed E-state index contributed by atoms with van der Waals surface area (Å²) in [4.78, 5) is 0. The van der Waals surface area contributed by atoms with Crippen LogP contribution >= 0.6 is 15.9 Å². The minimum atomic E-state index is -0.169. The van der Waals surface area contributed by atoms with Gasteiger partial charge in [-0.3, -0.25) is 0 Å². The van der Waals surface area contributed by atoms with Gasteiger partial charge < -0.3 is 10.4 Å².